The number of nitrogens with zero attached hydrogens (tertiary/aromatic N) is 5. The molecule has 1 saturated heterocycles. The highest BCUT2D eigenvalue weighted by atomic mass is 79.9. The number of nitrogens with one attached hydrogen (secondary N) is 1. The van der Waals surface area contributed by atoms with Crippen LogP contribution in [0.15, 0.2) is 76.2 Å². The number of hydrogen-bond acceptors (Lipinski definition) is 6. The van der Waals surface area contributed by atoms with Gasteiger partial charge in [-0.2, -0.15) is 4.98 Å². The Bertz CT molecular complexity index is 1250. The molecule has 180 valence electrons. The van der Waals surface area contributed by atoms with Crippen molar-refractivity contribution in [2.24, 2.45) is 5.92 Å². The van der Waals surface area contributed by atoms with Gasteiger partial charge in [0.05, 0.1) is 12.9 Å². The van der Waals surface area contributed by atoms with E-state index in [1.807, 2.05) is 41.4 Å². The lowest BCUT2D eigenvalue weighted by molar-refractivity contribution is -0.126. The highest BCUT2D eigenvalue weighted by molar-refractivity contribution is 9.10. The Morgan fingerprint density at radius 1 is 1.09 bits per heavy atom. The molecule has 5 rings (SSSR count). The van der Waals surface area contributed by atoms with E-state index in [-0.39, 0.29) is 11.8 Å². The summed E-state index contributed by atoms with van der Waals surface area (Å²) in [6.07, 6.45) is 7.18. The largest absolute Gasteiger partial charge is 0.352 e. The molecular weight excluding hydrogens is 508 g/mol. The molecule has 2 aromatic heterocycles. The van der Waals surface area contributed by atoms with Gasteiger partial charge in [-0.3, -0.25) is 9.69 Å². The molecule has 0 saturated carbocycles. The van der Waals surface area contributed by atoms with Gasteiger partial charge in [0.15, 0.2) is 0 Å². The number of hydrogen-bond donors (Lipinski definition) is 1. The van der Waals surface area contributed by atoms with Crippen molar-refractivity contribution in [2.45, 2.75) is 32.5 Å². The number of halogens is 1. The second-order valence-electron chi connectivity index (χ2n) is 8.84. The van der Waals surface area contributed by atoms with Gasteiger partial charge in [-0.25, -0.2) is 4.98 Å². The summed E-state index contributed by atoms with van der Waals surface area (Å²) in [6, 6.07) is 16.2. The lowest BCUT2D eigenvalue weighted by Crippen LogP contribution is -2.40. The fourth-order valence-electron chi connectivity index (χ4n) is 4.30. The first-order valence-electron chi connectivity index (χ1n) is 11.7. The van der Waals surface area contributed by atoms with Gasteiger partial charge in [0.25, 0.3) is 0 Å². The van der Waals surface area contributed by atoms with Gasteiger partial charge in [-0.1, -0.05) is 57.5 Å². The molecule has 0 atom stereocenters. The summed E-state index contributed by atoms with van der Waals surface area (Å²) in [7, 11) is 0. The Balaban J connectivity index is 1.06. The van der Waals surface area contributed by atoms with E-state index in [2.05, 4.69) is 65.5 Å². The molecule has 2 aromatic carbocycles. The molecule has 1 N–H and O–H groups in total. The monoisotopic (exact) mass is 534 g/mol. The molecule has 9 heteroatoms. The molecule has 1 aliphatic heterocycles. The lowest BCUT2D eigenvalue weighted by atomic mass is 9.96. The predicted molar refractivity (Wildman–Crippen MR) is 135 cm³/mol. The number of carbonyl (C=O) groups excluding carboxylic acids is 1. The molecule has 3 heterocycles. The third kappa shape index (κ3) is 6.23. The zero-order valence-corrected chi connectivity index (χ0v) is 20.9. The smallest absolute Gasteiger partial charge is 0.241 e. The number of benzene rings is 2. The molecule has 8 nitrogen and oxygen atoms in total. The first-order valence-corrected chi connectivity index (χ1v) is 12.5. The number of amides is 1. The Hall–Kier alpha value is -3.30. The SMILES string of the molecule is O=C(NCc1ccc(Cn2ccnc2)cc1)C1CCN(Cc2nc(-c3cccc(Br)c3)no2)CC1. The molecule has 0 unspecified atom stereocenters. The molecule has 4 aromatic rings. The number of rotatable bonds is 8. The Kier molecular flexibility index (Phi) is 7.34. The average Bonchev–Trinajstić information content (AvgIpc) is 3.56. The number of aromatic nitrogens is 4. The summed E-state index contributed by atoms with van der Waals surface area (Å²) in [4.78, 5) is 23.6. The van der Waals surface area contributed by atoms with Gasteiger partial charge in [0.1, 0.15) is 0 Å². The lowest BCUT2D eigenvalue weighted by Gasteiger charge is -2.30. The van der Waals surface area contributed by atoms with Crippen molar-refractivity contribution in [3.63, 3.8) is 0 Å². The third-order valence-electron chi connectivity index (χ3n) is 6.28. The second kappa shape index (κ2) is 11.0. The van der Waals surface area contributed by atoms with E-state index in [9.17, 15) is 4.79 Å². The van der Waals surface area contributed by atoms with Gasteiger partial charge in [-0.05, 0) is 49.2 Å². The van der Waals surface area contributed by atoms with E-state index in [1.165, 1.54) is 5.56 Å². The second-order valence-corrected chi connectivity index (χ2v) is 9.76. The Labute approximate surface area is 212 Å². The van der Waals surface area contributed by atoms with E-state index in [1.54, 1.807) is 6.20 Å². The maximum Gasteiger partial charge on any atom is 0.241 e. The fraction of sp³-hybridized carbons (Fsp3) is 0.308. The summed E-state index contributed by atoms with van der Waals surface area (Å²) in [5.41, 5.74) is 3.22. The van der Waals surface area contributed by atoms with Crippen molar-refractivity contribution < 1.29 is 9.32 Å². The van der Waals surface area contributed by atoms with Crippen LogP contribution < -0.4 is 5.32 Å². The van der Waals surface area contributed by atoms with Crippen LogP contribution in [-0.4, -0.2) is 43.6 Å². The van der Waals surface area contributed by atoms with Gasteiger partial charge >= 0.3 is 0 Å². The summed E-state index contributed by atoms with van der Waals surface area (Å²) >= 11 is 3.47. The van der Waals surface area contributed by atoms with Crippen molar-refractivity contribution in [1.29, 1.82) is 0 Å². The van der Waals surface area contributed by atoms with Gasteiger partial charge < -0.3 is 14.4 Å². The van der Waals surface area contributed by atoms with Crippen LogP contribution in [0.25, 0.3) is 11.4 Å². The van der Waals surface area contributed by atoms with Crippen LogP contribution in [-0.2, 0) is 24.4 Å². The van der Waals surface area contributed by atoms with Crippen LogP contribution in [0, 0.1) is 5.92 Å². The minimum Gasteiger partial charge on any atom is -0.352 e. The Morgan fingerprint density at radius 3 is 2.63 bits per heavy atom. The van der Waals surface area contributed by atoms with Crippen molar-refractivity contribution in [2.75, 3.05) is 13.1 Å². The van der Waals surface area contributed by atoms with Crippen molar-refractivity contribution in [3.8, 4) is 11.4 Å². The molecule has 0 radical (unpaired) electrons. The molecular formula is C26H27BrN6O2. The molecule has 1 aliphatic rings. The molecule has 0 aliphatic carbocycles. The number of imidazole rings is 1. The molecule has 0 spiro atoms. The number of piperidine rings is 1. The van der Waals surface area contributed by atoms with E-state index in [0.29, 0.717) is 24.8 Å². The van der Waals surface area contributed by atoms with Crippen molar-refractivity contribution >= 4 is 21.8 Å². The topological polar surface area (TPSA) is 89.1 Å². The van der Waals surface area contributed by atoms with Crippen LogP contribution in [0.2, 0.25) is 0 Å². The summed E-state index contributed by atoms with van der Waals surface area (Å²) in [6.45, 7) is 3.59. The average molecular weight is 535 g/mol. The quantitative estimate of drug-likeness (QED) is 0.363. The van der Waals surface area contributed by atoms with E-state index < -0.39 is 0 Å². The highest BCUT2D eigenvalue weighted by Gasteiger charge is 2.26. The Morgan fingerprint density at radius 2 is 1.89 bits per heavy atom. The number of likely N-dealkylation sites (tertiary alicyclic amines) is 1. The van der Waals surface area contributed by atoms with Crippen LogP contribution in [0.3, 0.4) is 0 Å². The molecule has 35 heavy (non-hydrogen) atoms. The zero-order chi connectivity index (χ0) is 24.0. The fourth-order valence-corrected chi connectivity index (χ4v) is 4.69. The van der Waals surface area contributed by atoms with Crippen LogP contribution in [0.5, 0.6) is 0 Å². The standard InChI is InChI=1S/C26H27BrN6O2/c27-23-3-1-2-22(14-23)25-30-24(35-31-25)17-32-11-8-21(9-12-32)26(34)29-15-19-4-6-20(7-5-19)16-33-13-10-28-18-33/h1-7,10,13-14,18,21H,8-9,11-12,15-17H2,(H,29,34). The molecule has 1 amide bonds. The third-order valence-corrected chi connectivity index (χ3v) is 6.78. The van der Waals surface area contributed by atoms with Gasteiger partial charge in [0, 0.05) is 41.4 Å². The molecule has 1 fully saturated rings. The van der Waals surface area contributed by atoms with Crippen molar-refractivity contribution in [1.82, 2.24) is 29.9 Å². The van der Waals surface area contributed by atoms with Crippen molar-refractivity contribution in [3.05, 3.63) is 88.7 Å². The first kappa shape index (κ1) is 23.4. The summed E-state index contributed by atoms with van der Waals surface area (Å²) < 4.78 is 8.47. The molecule has 0 bridgehead atoms. The van der Waals surface area contributed by atoms with Crippen LogP contribution >= 0.6 is 15.9 Å². The predicted octanol–water partition coefficient (Wildman–Crippen LogP) is 4.27. The first-order chi connectivity index (χ1) is 17.1. The maximum atomic E-state index is 12.7. The maximum absolute atomic E-state index is 12.7. The van der Waals surface area contributed by atoms with E-state index >= 15 is 0 Å². The number of carbonyl (C=O) groups is 1. The summed E-state index contributed by atoms with van der Waals surface area (Å²) in [5.74, 6) is 1.35. The minimum absolute atomic E-state index is 0.0340. The normalized spacial score (nSPS) is 14.8. The van der Waals surface area contributed by atoms with Gasteiger partial charge in [-0.15, -0.1) is 0 Å². The van der Waals surface area contributed by atoms with E-state index in [4.69, 9.17) is 4.52 Å². The van der Waals surface area contributed by atoms with Crippen LogP contribution in [0.4, 0.5) is 0 Å². The van der Waals surface area contributed by atoms with Gasteiger partial charge in [0.2, 0.25) is 17.6 Å². The van der Waals surface area contributed by atoms with E-state index in [0.717, 1.165) is 48.1 Å². The summed E-state index contributed by atoms with van der Waals surface area (Å²) in [5, 5.41) is 7.22. The zero-order valence-electron chi connectivity index (χ0n) is 19.3. The highest BCUT2D eigenvalue weighted by Crippen LogP contribution is 2.22. The van der Waals surface area contributed by atoms with Crippen LogP contribution in [0.1, 0.15) is 29.9 Å². The minimum atomic E-state index is 0.0340.